The summed E-state index contributed by atoms with van der Waals surface area (Å²) in [5.41, 5.74) is 1.77. The van der Waals surface area contributed by atoms with Crippen molar-refractivity contribution in [2.45, 2.75) is 25.7 Å². The fourth-order valence-corrected chi connectivity index (χ4v) is 4.26. The van der Waals surface area contributed by atoms with Gasteiger partial charge in [-0.1, -0.05) is 18.2 Å². The van der Waals surface area contributed by atoms with Crippen LogP contribution in [-0.4, -0.2) is 40.6 Å². The zero-order valence-electron chi connectivity index (χ0n) is 17.1. The molecule has 1 amide bonds. The average molecular weight is 422 g/mol. The van der Waals surface area contributed by atoms with Crippen LogP contribution in [0.4, 0.5) is 14.5 Å². The van der Waals surface area contributed by atoms with Crippen molar-refractivity contribution in [1.29, 1.82) is 0 Å². The third-order valence-corrected chi connectivity index (χ3v) is 6.29. The van der Waals surface area contributed by atoms with E-state index in [4.69, 9.17) is 0 Å². The summed E-state index contributed by atoms with van der Waals surface area (Å²) in [6.07, 6.45) is 7.64. The third kappa shape index (κ3) is 4.10. The van der Waals surface area contributed by atoms with E-state index in [2.05, 4.69) is 20.4 Å². The number of carbonyl (C=O) groups excluding carboxylic acids is 1. The topological polar surface area (TPSA) is 61.0 Å². The normalized spacial score (nSPS) is 18.1. The number of hydrogen-bond donors (Lipinski definition) is 2. The van der Waals surface area contributed by atoms with Crippen LogP contribution in [0.25, 0.3) is 23.1 Å². The molecule has 2 aromatic carbocycles. The van der Waals surface area contributed by atoms with Crippen LogP contribution in [0.5, 0.6) is 0 Å². The molecule has 2 heterocycles. The highest BCUT2D eigenvalue weighted by Gasteiger charge is 2.51. The van der Waals surface area contributed by atoms with E-state index in [1.807, 2.05) is 6.08 Å². The van der Waals surface area contributed by atoms with Gasteiger partial charge < -0.3 is 10.2 Å². The number of hydrogen-bond acceptors (Lipinski definition) is 3. The van der Waals surface area contributed by atoms with E-state index in [1.54, 1.807) is 24.3 Å². The van der Waals surface area contributed by atoms with Gasteiger partial charge in [-0.25, -0.2) is 8.78 Å². The predicted molar refractivity (Wildman–Crippen MR) is 117 cm³/mol. The van der Waals surface area contributed by atoms with Gasteiger partial charge in [0.05, 0.1) is 22.3 Å². The highest BCUT2D eigenvalue weighted by Crippen LogP contribution is 2.47. The maximum atomic E-state index is 14.7. The first-order valence-electron chi connectivity index (χ1n) is 10.7. The highest BCUT2D eigenvalue weighted by atomic mass is 19.1. The van der Waals surface area contributed by atoms with Crippen molar-refractivity contribution in [3.8, 4) is 0 Å². The van der Waals surface area contributed by atoms with Gasteiger partial charge in [-0.05, 0) is 68.6 Å². The summed E-state index contributed by atoms with van der Waals surface area (Å²) in [5, 5.41) is 10.6. The number of nitrogens with one attached hydrogen (secondary N) is 2. The fourth-order valence-electron chi connectivity index (χ4n) is 4.26. The predicted octanol–water partition coefficient (Wildman–Crippen LogP) is 4.83. The lowest BCUT2D eigenvalue weighted by Gasteiger charge is -2.22. The second-order valence-corrected chi connectivity index (χ2v) is 8.59. The van der Waals surface area contributed by atoms with E-state index in [0.29, 0.717) is 16.6 Å². The standard InChI is InChI=1S/C24H24F2N4O/c25-17-6-3-16(4-7-17)5-8-20-18-13-22(19(26)14-21(18)29-28-20)27-23(31)24(9-10-24)15-30-11-1-2-12-30/h3-8,13-14H,1-2,9-12,15H2,(H,27,31)(H,28,29). The molecule has 0 spiro atoms. The molecule has 1 saturated carbocycles. The lowest BCUT2D eigenvalue weighted by Crippen LogP contribution is -2.36. The van der Waals surface area contributed by atoms with E-state index in [-0.39, 0.29) is 17.4 Å². The molecule has 5 rings (SSSR count). The van der Waals surface area contributed by atoms with Gasteiger partial charge in [-0.15, -0.1) is 0 Å². The van der Waals surface area contributed by atoms with Crippen molar-refractivity contribution in [1.82, 2.24) is 15.1 Å². The minimum atomic E-state index is -0.490. The number of halogens is 2. The van der Waals surface area contributed by atoms with Crippen LogP contribution in [0.3, 0.4) is 0 Å². The van der Waals surface area contributed by atoms with Crippen molar-refractivity contribution in [3.63, 3.8) is 0 Å². The maximum absolute atomic E-state index is 14.7. The number of carbonyl (C=O) groups is 1. The van der Waals surface area contributed by atoms with Gasteiger partial charge >= 0.3 is 0 Å². The van der Waals surface area contributed by atoms with Crippen LogP contribution in [0, 0.1) is 17.0 Å². The summed E-state index contributed by atoms with van der Waals surface area (Å²) < 4.78 is 27.7. The molecule has 160 valence electrons. The summed E-state index contributed by atoms with van der Waals surface area (Å²) in [5.74, 6) is -0.892. The number of fused-ring (bicyclic) bond motifs is 1. The van der Waals surface area contributed by atoms with E-state index in [1.165, 1.54) is 31.0 Å². The molecular formula is C24H24F2N4O. The number of nitrogens with zero attached hydrogens (tertiary/aromatic N) is 2. The van der Waals surface area contributed by atoms with Crippen LogP contribution in [-0.2, 0) is 4.79 Å². The van der Waals surface area contributed by atoms with Crippen molar-refractivity contribution in [2.75, 3.05) is 25.0 Å². The number of amides is 1. The SMILES string of the molecule is O=C(Nc1cc2c(C=Cc3ccc(F)cc3)n[nH]c2cc1F)C1(CN2CCCC2)CC1. The van der Waals surface area contributed by atoms with Crippen LogP contribution >= 0.6 is 0 Å². The van der Waals surface area contributed by atoms with Crippen molar-refractivity contribution >= 4 is 34.6 Å². The number of anilines is 1. The van der Waals surface area contributed by atoms with Gasteiger partial charge in [0, 0.05) is 18.0 Å². The van der Waals surface area contributed by atoms with Gasteiger partial charge in [-0.3, -0.25) is 9.89 Å². The summed E-state index contributed by atoms with van der Waals surface area (Å²) >= 11 is 0. The van der Waals surface area contributed by atoms with E-state index < -0.39 is 11.2 Å². The van der Waals surface area contributed by atoms with Crippen molar-refractivity contribution in [2.24, 2.45) is 5.41 Å². The molecule has 1 aliphatic heterocycles. The van der Waals surface area contributed by atoms with Crippen LogP contribution < -0.4 is 5.32 Å². The molecule has 31 heavy (non-hydrogen) atoms. The number of rotatable bonds is 6. The second kappa shape index (κ2) is 7.89. The summed E-state index contributed by atoms with van der Waals surface area (Å²) in [4.78, 5) is 15.3. The molecule has 7 heteroatoms. The fraction of sp³-hybridized carbons (Fsp3) is 0.333. The maximum Gasteiger partial charge on any atom is 0.231 e. The molecule has 2 fully saturated rings. The summed E-state index contributed by atoms with van der Waals surface area (Å²) in [6.45, 7) is 2.82. The Kier molecular flexibility index (Phi) is 5.06. The molecule has 3 aromatic rings. The Morgan fingerprint density at radius 1 is 1.13 bits per heavy atom. The monoisotopic (exact) mass is 422 g/mol. The van der Waals surface area contributed by atoms with Gasteiger partial charge in [0.15, 0.2) is 0 Å². The van der Waals surface area contributed by atoms with Crippen LogP contribution in [0.15, 0.2) is 36.4 Å². The Hall–Kier alpha value is -3.06. The first-order chi connectivity index (χ1) is 15.0. The lowest BCUT2D eigenvalue weighted by atomic mass is 10.0. The summed E-state index contributed by atoms with van der Waals surface area (Å²) in [7, 11) is 0. The quantitative estimate of drug-likeness (QED) is 0.598. The van der Waals surface area contributed by atoms with E-state index in [0.717, 1.165) is 38.0 Å². The van der Waals surface area contributed by atoms with Crippen LogP contribution in [0.2, 0.25) is 0 Å². The molecule has 0 radical (unpaired) electrons. The first-order valence-corrected chi connectivity index (χ1v) is 10.7. The second-order valence-electron chi connectivity index (χ2n) is 8.59. The molecule has 1 aromatic heterocycles. The van der Waals surface area contributed by atoms with Gasteiger partial charge in [-0.2, -0.15) is 5.10 Å². The molecule has 0 unspecified atom stereocenters. The lowest BCUT2D eigenvalue weighted by molar-refractivity contribution is -0.121. The smallest absolute Gasteiger partial charge is 0.231 e. The first kappa shape index (κ1) is 19.9. The minimum absolute atomic E-state index is 0.107. The largest absolute Gasteiger partial charge is 0.323 e. The molecule has 0 bridgehead atoms. The molecule has 5 nitrogen and oxygen atoms in total. The van der Waals surface area contributed by atoms with Crippen molar-refractivity contribution in [3.05, 3.63) is 59.3 Å². The molecular weight excluding hydrogens is 398 g/mol. The molecule has 1 aliphatic carbocycles. The third-order valence-electron chi connectivity index (χ3n) is 6.29. The highest BCUT2D eigenvalue weighted by molar-refractivity contribution is 6.00. The van der Waals surface area contributed by atoms with Gasteiger partial charge in [0.25, 0.3) is 0 Å². The Balaban J connectivity index is 1.36. The Bertz CT molecular complexity index is 1140. The van der Waals surface area contributed by atoms with Gasteiger partial charge in [0.1, 0.15) is 11.6 Å². The van der Waals surface area contributed by atoms with E-state index in [9.17, 15) is 13.6 Å². The molecule has 1 saturated heterocycles. The Morgan fingerprint density at radius 2 is 1.87 bits per heavy atom. The zero-order chi connectivity index (χ0) is 21.4. The number of benzene rings is 2. The van der Waals surface area contributed by atoms with Crippen LogP contribution in [0.1, 0.15) is 36.9 Å². The molecule has 2 aliphatic rings. The number of likely N-dealkylation sites (tertiary alicyclic amines) is 1. The average Bonchev–Trinajstić information content (AvgIpc) is 3.17. The van der Waals surface area contributed by atoms with Crippen molar-refractivity contribution < 1.29 is 13.6 Å². The number of aromatic nitrogens is 2. The Morgan fingerprint density at radius 3 is 2.58 bits per heavy atom. The van der Waals surface area contributed by atoms with E-state index >= 15 is 0 Å². The number of H-pyrrole nitrogens is 1. The Labute approximate surface area is 179 Å². The minimum Gasteiger partial charge on any atom is -0.323 e. The summed E-state index contributed by atoms with van der Waals surface area (Å²) in [6, 6.07) is 9.10. The molecule has 2 N–H and O–H groups in total. The number of aromatic amines is 1. The zero-order valence-corrected chi connectivity index (χ0v) is 17.1. The van der Waals surface area contributed by atoms with Gasteiger partial charge in [0.2, 0.25) is 5.91 Å². The molecule has 0 atom stereocenters.